The zero-order valence-corrected chi connectivity index (χ0v) is 11.7. The first-order valence-corrected chi connectivity index (χ1v) is 6.35. The highest BCUT2D eigenvalue weighted by molar-refractivity contribution is 5.64. The van der Waals surface area contributed by atoms with Crippen LogP contribution in [0.2, 0.25) is 0 Å². The van der Waals surface area contributed by atoms with Crippen LogP contribution in [0.25, 0.3) is 0 Å². The molecule has 0 aromatic rings. The highest BCUT2D eigenvalue weighted by Crippen LogP contribution is 2.40. The Hall–Kier alpha value is -0.770. The molecule has 0 aromatic carbocycles. The highest BCUT2D eigenvalue weighted by atomic mass is 16.5. The summed E-state index contributed by atoms with van der Waals surface area (Å²) in [4.78, 5) is 13.0. The van der Waals surface area contributed by atoms with Crippen molar-refractivity contribution in [2.24, 2.45) is 11.7 Å². The number of piperidine rings is 1. The number of hydrogen-bond donors (Lipinski definition) is 1. The van der Waals surface area contributed by atoms with Gasteiger partial charge in [-0.1, -0.05) is 6.92 Å². The number of ether oxygens (including phenoxy) is 1. The van der Waals surface area contributed by atoms with Gasteiger partial charge < -0.3 is 10.5 Å². The first-order valence-electron chi connectivity index (χ1n) is 6.35. The SMILES string of the molecule is CC1CC(C)(C)N(CCOC(N)=O)C(C)(C)C1. The van der Waals surface area contributed by atoms with Crippen molar-refractivity contribution >= 4 is 6.09 Å². The number of primary amides is 1. The van der Waals surface area contributed by atoms with Gasteiger partial charge in [0.05, 0.1) is 0 Å². The van der Waals surface area contributed by atoms with Gasteiger partial charge in [0.2, 0.25) is 0 Å². The van der Waals surface area contributed by atoms with E-state index in [1.165, 1.54) is 12.8 Å². The minimum atomic E-state index is -0.689. The third-order valence-electron chi connectivity index (χ3n) is 3.72. The van der Waals surface area contributed by atoms with E-state index in [9.17, 15) is 4.79 Å². The molecule has 2 N–H and O–H groups in total. The number of likely N-dealkylation sites (tertiary alicyclic amines) is 1. The van der Waals surface area contributed by atoms with Crippen LogP contribution in [0.3, 0.4) is 0 Å². The lowest BCUT2D eigenvalue weighted by atomic mass is 9.74. The van der Waals surface area contributed by atoms with Crippen molar-refractivity contribution in [3.05, 3.63) is 0 Å². The molecule has 0 radical (unpaired) electrons. The Bertz CT molecular complexity index is 269. The molecule has 0 aliphatic carbocycles. The monoisotopic (exact) mass is 242 g/mol. The highest BCUT2D eigenvalue weighted by Gasteiger charge is 2.43. The fraction of sp³-hybridized carbons (Fsp3) is 0.923. The molecule has 1 aliphatic heterocycles. The van der Waals surface area contributed by atoms with Crippen LogP contribution in [-0.4, -0.2) is 35.2 Å². The van der Waals surface area contributed by atoms with Crippen LogP contribution in [0.4, 0.5) is 4.79 Å². The zero-order chi connectivity index (χ0) is 13.3. The predicted molar refractivity (Wildman–Crippen MR) is 68.8 cm³/mol. The summed E-state index contributed by atoms with van der Waals surface area (Å²) in [5, 5.41) is 0. The molecule has 1 heterocycles. The second-order valence-corrected chi connectivity index (χ2v) is 6.46. The Morgan fingerprint density at radius 2 is 1.76 bits per heavy atom. The number of rotatable bonds is 3. The van der Waals surface area contributed by atoms with Crippen molar-refractivity contribution in [3.8, 4) is 0 Å². The topological polar surface area (TPSA) is 55.6 Å². The van der Waals surface area contributed by atoms with Crippen molar-refractivity contribution in [1.29, 1.82) is 0 Å². The molecular formula is C13H26N2O2. The first kappa shape index (κ1) is 14.3. The number of carbonyl (C=O) groups excluding carboxylic acids is 1. The summed E-state index contributed by atoms with van der Waals surface area (Å²) in [5.41, 5.74) is 5.27. The van der Waals surface area contributed by atoms with Crippen molar-refractivity contribution in [1.82, 2.24) is 4.90 Å². The fourth-order valence-electron chi connectivity index (χ4n) is 3.66. The Kier molecular flexibility index (Phi) is 4.07. The van der Waals surface area contributed by atoms with Gasteiger partial charge in [0.25, 0.3) is 0 Å². The number of amides is 1. The standard InChI is InChI=1S/C13H26N2O2/c1-10-8-12(2,3)15(13(4,5)9-10)6-7-17-11(14)16/h10H,6-9H2,1-5H3,(H2,14,16). The van der Waals surface area contributed by atoms with Gasteiger partial charge in [0, 0.05) is 17.6 Å². The van der Waals surface area contributed by atoms with E-state index in [1.54, 1.807) is 0 Å². The molecule has 0 bridgehead atoms. The lowest BCUT2D eigenvalue weighted by Crippen LogP contribution is -2.61. The van der Waals surface area contributed by atoms with Gasteiger partial charge in [0.15, 0.2) is 0 Å². The molecule has 4 heteroatoms. The smallest absolute Gasteiger partial charge is 0.404 e. The summed E-state index contributed by atoms with van der Waals surface area (Å²) >= 11 is 0. The van der Waals surface area contributed by atoms with Crippen LogP contribution in [0.15, 0.2) is 0 Å². The van der Waals surface area contributed by atoms with E-state index in [-0.39, 0.29) is 11.1 Å². The molecule has 100 valence electrons. The maximum absolute atomic E-state index is 10.6. The van der Waals surface area contributed by atoms with Crippen LogP contribution in [-0.2, 0) is 4.74 Å². The van der Waals surface area contributed by atoms with Gasteiger partial charge in [-0.25, -0.2) is 4.79 Å². The third kappa shape index (κ3) is 3.60. The maximum Gasteiger partial charge on any atom is 0.404 e. The second-order valence-electron chi connectivity index (χ2n) is 6.46. The molecule has 0 spiro atoms. The summed E-state index contributed by atoms with van der Waals surface area (Å²) in [6.07, 6.45) is 1.66. The van der Waals surface area contributed by atoms with E-state index in [2.05, 4.69) is 39.5 Å². The van der Waals surface area contributed by atoms with Crippen molar-refractivity contribution in [3.63, 3.8) is 0 Å². The molecule has 1 fully saturated rings. The van der Waals surface area contributed by atoms with Gasteiger partial charge in [-0.05, 0) is 46.5 Å². The molecule has 1 rings (SSSR count). The van der Waals surface area contributed by atoms with Gasteiger partial charge >= 0.3 is 6.09 Å². The van der Waals surface area contributed by atoms with Crippen LogP contribution < -0.4 is 5.73 Å². The summed E-state index contributed by atoms with van der Waals surface area (Å²) < 4.78 is 4.86. The average molecular weight is 242 g/mol. The average Bonchev–Trinajstić information content (AvgIpc) is 2.06. The van der Waals surface area contributed by atoms with Gasteiger partial charge in [-0.15, -0.1) is 0 Å². The number of hydrogen-bond acceptors (Lipinski definition) is 3. The van der Waals surface area contributed by atoms with E-state index in [4.69, 9.17) is 10.5 Å². The largest absolute Gasteiger partial charge is 0.448 e. The van der Waals surface area contributed by atoms with Gasteiger partial charge in [0.1, 0.15) is 6.61 Å². The van der Waals surface area contributed by atoms with E-state index in [1.807, 2.05) is 0 Å². The maximum atomic E-state index is 10.6. The van der Waals surface area contributed by atoms with Crippen molar-refractivity contribution in [2.45, 2.75) is 58.5 Å². The minimum absolute atomic E-state index is 0.141. The third-order valence-corrected chi connectivity index (χ3v) is 3.72. The Balaban J connectivity index is 2.68. The molecule has 17 heavy (non-hydrogen) atoms. The fourth-order valence-corrected chi connectivity index (χ4v) is 3.66. The Morgan fingerprint density at radius 3 is 2.18 bits per heavy atom. The van der Waals surface area contributed by atoms with Crippen molar-refractivity contribution in [2.75, 3.05) is 13.2 Å². The summed E-state index contributed by atoms with van der Waals surface area (Å²) in [7, 11) is 0. The van der Waals surface area contributed by atoms with Crippen LogP contribution in [0.5, 0.6) is 0 Å². The van der Waals surface area contributed by atoms with E-state index in [0.29, 0.717) is 6.61 Å². The van der Waals surface area contributed by atoms with Crippen LogP contribution >= 0.6 is 0 Å². The normalized spacial score (nSPS) is 24.5. The molecule has 0 unspecified atom stereocenters. The van der Waals surface area contributed by atoms with E-state index < -0.39 is 6.09 Å². The van der Waals surface area contributed by atoms with Crippen LogP contribution in [0.1, 0.15) is 47.5 Å². The number of carbonyl (C=O) groups is 1. The molecular weight excluding hydrogens is 216 g/mol. The lowest BCUT2D eigenvalue weighted by Gasteiger charge is -2.55. The summed E-state index contributed by atoms with van der Waals surface area (Å²) in [5.74, 6) is 0.730. The molecule has 0 atom stereocenters. The van der Waals surface area contributed by atoms with E-state index >= 15 is 0 Å². The quantitative estimate of drug-likeness (QED) is 0.826. The molecule has 1 aliphatic rings. The summed E-state index contributed by atoms with van der Waals surface area (Å²) in [6.45, 7) is 12.5. The minimum Gasteiger partial charge on any atom is -0.448 e. The van der Waals surface area contributed by atoms with Crippen molar-refractivity contribution < 1.29 is 9.53 Å². The lowest BCUT2D eigenvalue weighted by molar-refractivity contribution is -0.0562. The van der Waals surface area contributed by atoms with E-state index in [0.717, 1.165) is 12.5 Å². The molecule has 4 nitrogen and oxygen atoms in total. The zero-order valence-electron chi connectivity index (χ0n) is 11.7. The van der Waals surface area contributed by atoms with Gasteiger partial charge in [-0.2, -0.15) is 0 Å². The predicted octanol–water partition coefficient (Wildman–Crippen LogP) is 2.37. The van der Waals surface area contributed by atoms with Gasteiger partial charge in [-0.3, -0.25) is 4.90 Å². The summed E-state index contributed by atoms with van der Waals surface area (Å²) in [6, 6.07) is 0. The molecule has 1 saturated heterocycles. The first-order chi connectivity index (χ1) is 7.65. The Morgan fingerprint density at radius 1 is 1.29 bits per heavy atom. The molecule has 1 amide bonds. The number of nitrogens with zero attached hydrogens (tertiary/aromatic N) is 1. The number of nitrogens with two attached hydrogens (primary N) is 1. The Labute approximate surface area is 104 Å². The molecule has 0 aromatic heterocycles. The second kappa shape index (κ2) is 4.84. The van der Waals surface area contributed by atoms with Crippen LogP contribution in [0, 0.1) is 5.92 Å². The molecule has 0 saturated carbocycles.